The Kier molecular flexibility index (Phi) is 2.91. The molecule has 0 bridgehead atoms. The third kappa shape index (κ3) is 1.89. The van der Waals surface area contributed by atoms with E-state index < -0.39 is 12.6 Å². The summed E-state index contributed by atoms with van der Waals surface area (Å²) in [5.74, 6) is -0.593. The van der Waals surface area contributed by atoms with Crippen molar-refractivity contribution in [2.75, 3.05) is 6.61 Å². The van der Waals surface area contributed by atoms with Crippen LogP contribution >= 0.6 is 0 Å². The normalized spacial score (nSPS) is 11.7. The zero-order chi connectivity index (χ0) is 17.8. The molecule has 0 saturated carbocycles. The summed E-state index contributed by atoms with van der Waals surface area (Å²) >= 11 is 0. The number of rotatable bonds is 3. The van der Waals surface area contributed by atoms with Crippen LogP contribution in [0, 0.1) is 0 Å². The Morgan fingerprint density at radius 2 is 1.85 bits per heavy atom. The number of carboxylic acid groups (broad SMARTS) is 1. The van der Waals surface area contributed by atoms with Crippen molar-refractivity contribution in [1.82, 2.24) is 9.38 Å². The molecule has 1 N–H and O–H groups in total. The van der Waals surface area contributed by atoms with Crippen molar-refractivity contribution in [1.29, 1.82) is 0 Å². The van der Waals surface area contributed by atoms with Gasteiger partial charge >= 0.3 is 5.97 Å². The van der Waals surface area contributed by atoms with Crippen molar-refractivity contribution in [3.8, 4) is 5.75 Å². The van der Waals surface area contributed by atoms with Gasteiger partial charge in [-0.1, -0.05) is 18.2 Å². The summed E-state index contributed by atoms with van der Waals surface area (Å²) in [6, 6.07) is 14.5. The second-order valence-corrected chi connectivity index (χ2v) is 6.10. The average molecular weight is 344 g/mol. The summed E-state index contributed by atoms with van der Waals surface area (Å²) in [5, 5.41) is 11.9. The Labute approximate surface area is 146 Å². The Balaban J connectivity index is 1.95. The van der Waals surface area contributed by atoms with Crippen LogP contribution in [0.3, 0.4) is 0 Å². The lowest BCUT2D eigenvalue weighted by Gasteiger charge is -2.04. The SMILES string of the molecule is O=C(O)COc1ccc2c(c1)c1ccnc3c4ccccc4c(=O)n2c13. The summed E-state index contributed by atoms with van der Waals surface area (Å²) in [7, 11) is 0. The number of pyridine rings is 2. The van der Waals surface area contributed by atoms with E-state index >= 15 is 0 Å². The maximum Gasteiger partial charge on any atom is 0.341 e. The van der Waals surface area contributed by atoms with Gasteiger partial charge in [0.1, 0.15) is 5.75 Å². The van der Waals surface area contributed by atoms with Crippen LogP contribution in [0.1, 0.15) is 0 Å². The third-order valence-corrected chi connectivity index (χ3v) is 4.62. The standard InChI is InChI=1S/C20H12N2O4/c23-17(24)10-26-11-5-6-16-15(9-11)13-7-8-21-18-12-3-1-2-4-14(12)20(25)22(16)19(13)18/h1-9H,10H2,(H,23,24). The van der Waals surface area contributed by atoms with Gasteiger partial charge in [-0.25, -0.2) is 4.79 Å². The molecule has 126 valence electrons. The van der Waals surface area contributed by atoms with Crippen LogP contribution in [-0.2, 0) is 4.79 Å². The molecule has 0 spiro atoms. The highest BCUT2D eigenvalue weighted by molar-refractivity contribution is 6.18. The Morgan fingerprint density at radius 3 is 2.65 bits per heavy atom. The van der Waals surface area contributed by atoms with E-state index in [1.165, 1.54) is 0 Å². The Bertz CT molecular complexity index is 1390. The number of fused-ring (bicyclic) bond motifs is 5. The molecular weight excluding hydrogens is 332 g/mol. The Hall–Kier alpha value is -3.67. The highest BCUT2D eigenvalue weighted by Crippen LogP contribution is 2.34. The summed E-state index contributed by atoms with van der Waals surface area (Å²) in [5.41, 5.74) is 2.18. The molecule has 3 heterocycles. The molecule has 5 aromatic rings. The van der Waals surface area contributed by atoms with E-state index in [4.69, 9.17) is 9.84 Å². The number of hydrogen-bond donors (Lipinski definition) is 1. The van der Waals surface area contributed by atoms with Crippen LogP contribution in [-0.4, -0.2) is 27.1 Å². The fraction of sp³-hybridized carbons (Fsp3) is 0.0500. The topological polar surface area (TPSA) is 80.9 Å². The van der Waals surface area contributed by atoms with E-state index in [0.29, 0.717) is 11.1 Å². The van der Waals surface area contributed by atoms with Gasteiger partial charge in [-0.3, -0.25) is 14.2 Å². The summed E-state index contributed by atoms with van der Waals surface area (Å²) in [4.78, 5) is 28.3. The van der Waals surface area contributed by atoms with Gasteiger partial charge < -0.3 is 9.84 Å². The predicted octanol–water partition coefficient (Wildman–Crippen LogP) is 3.06. The zero-order valence-corrected chi connectivity index (χ0v) is 13.5. The van der Waals surface area contributed by atoms with Gasteiger partial charge in [0.2, 0.25) is 0 Å². The minimum absolute atomic E-state index is 0.0969. The molecule has 0 radical (unpaired) electrons. The van der Waals surface area contributed by atoms with E-state index in [1.54, 1.807) is 34.9 Å². The molecule has 0 fully saturated rings. The zero-order valence-electron chi connectivity index (χ0n) is 13.5. The third-order valence-electron chi connectivity index (χ3n) is 4.62. The molecule has 0 atom stereocenters. The molecule has 26 heavy (non-hydrogen) atoms. The predicted molar refractivity (Wildman–Crippen MR) is 98.3 cm³/mol. The van der Waals surface area contributed by atoms with Crippen LogP contribution in [0.5, 0.6) is 5.75 Å². The van der Waals surface area contributed by atoms with Gasteiger partial charge in [-0.15, -0.1) is 0 Å². The van der Waals surface area contributed by atoms with E-state index in [2.05, 4.69) is 4.98 Å². The quantitative estimate of drug-likeness (QED) is 0.509. The van der Waals surface area contributed by atoms with Crippen molar-refractivity contribution in [2.24, 2.45) is 0 Å². The fourth-order valence-corrected chi connectivity index (χ4v) is 3.58. The van der Waals surface area contributed by atoms with Gasteiger partial charge in [0.15, 0.2) is 6.61 Å². The van der Waals surface area contributed by atoms with Crippen LogP contribution in [0.15, 0.2) is 59.5 Å². The lowest BCUT2D eigenvalue weighted by Crippen LogP contribution is -2.13. The summed E-state index contributed by atoms with van der Waals surface area (Å²) in [6.07, 6.45) is 1.72. The van der Waals surface area contributed by atoms with E-state index in [0.717, 1.165) is 32.7 Å². The van der Waals surface area contributed by atoms with Crippen molar-refractivity contribution in [3.05, 3.63) is 65.1 Å². The first kappa shape index (κ1) is 14.7. The van der Waals surface area contributed by atoms with Gasteiger partial charge in [0.05, 0.1) is 16.6 Å². The average Bonchev–Trinajstić information content (AvgIpc) is 2.99. The molecule has 0 unspecified atom stereocenters. The molecule has 0 amide bonds. The molecule has 6 nitrogen and oxygen atoms in total. The number of benzene rings is 2. The van der Waals surface area contributed by atoms with Crippen LogP contribution < -0.4 is 10.3 Å². The van der Waals surface area contributed by atoms with Crippen molar-refractivity contribution in [2.45, 2.75) is 0 Å². The lowest BCUT2D eigenvalue weighted by atomic mass is 10.1. The lowest BCUT2D eigenvalue weighted by molar-refractivity contribution is -0.139. The van der Waals surface area contributed by atoms with Gasteiger partial charge in [-0.2, -0.15) is 0 Å². The summed E-state index contributed by atoms with van der Waals surface area (Å²) < 4.78 is 6.97. The second kappa shape index (κ2) is 5.16. The minimum atomic E-state index is -1.04. The molecule has 0 aliphatic heterocycles. The number of aromatic nitrogens is 2. The smallest absolute Gasteiger partial charge is 0.341 e. The van der Waals surface area contributed by atoms with Crippen LogP contribution in [0.25, 0.3) is 38.1 Å². The molecule has 2 aromatic carbocycles. The first-order valence-corrected chi connectivity index (χ1v) is 8.07. The van der Waals surface area contributed by atoms with E-state index in [-0.39, 0.29) is 5.56 Å². The molecule has 0 aliphatic carbocycles. The molecular formula is C20H12N2O4. The van der Waals surface area contributed by atoms with Gasteiger partial charge in [0.25, 0.3) is 5.56 Å². The van der Waals surface area contributed by atoms with Crippen molar-refractivity contribution < 1.29 is 14.6 Å². The van der Waals surface area contributed by atoms with Gasteiger partial charge in [0, 0.05) is 27.7 Å². The minimum Gasteiger partial charge on any atom is -0.482 e. The van der Waals surface area contributed by atoms with Crippen LogP contribution in [0.4, 0.5) is 0 Å². The van der Waals surface area contributed by atoms with E-state index in [1.807, 2.05) is 24.3 Å². The maximum absolute atomic E-state index is 13.1. The highest BCUT2D eigenvalue weighted by atomic mass is 16.5. The largest absolute Gasteiger partial charge is 0.482 e. The van der Waals surface area contributed by atoms with Crippen molar-refractivity contribution in [3.63, 3.8) is 0 Å². The monoisotopic (exact) mass is 344 g/mol. The number of carboxylic acids is 1. The van der Waals surface area contributed by atoms with Crippen LogP contribution in [0.2, 0.25) is 0 Å². The Morgan fingerprint density at radius 1 is 1.04 bits per heavy atom. The molecule has 5 rings (SSSR count). The summed E-state index contributed by atoms with van der Waals surface area (Å²) in [6.45, 7) is -0.415. The second-order valence-electron chi connectivity index (χ2n) is 6.10. The first-order chi connectivity index (χ1) is 12.6. The fourth-order valence-electron chi connectivity index (χ4n) is 3.58. The number of carbonyl (C=O) groups is 1. The number of hydrogen-bond acceptors (Lipinski definition) is 4. The van der Waals surface area contributed by atoms with Gasteiger partial charge in [-0.05, 0) is 30.3 Å². The van der Waals surface area contributed by atoms with E-state index in [9.17, 15) is 9.59 Å². The number of nitrogens with zero attached hydrogens (tertiary/aromatic N) is 2. The maximum atomic E-state index is 13.1. The number of ether oxygens (including phenoxy) is 1. The molecule has 0 saturated heterocycles. The number of aliphatic carboxylic acids is 1. The molecule has 6 heteroatoms. The molecule has 3 aromatic heterocycles. The highest BCUT2D eigenvalue weighted by Gasteiger charge is 2.18. The molecule has 0 aliphatic rings. The van der Waals surface area contributed by atoms with Crippen molar-refractivity contribution >= 4 is 44.1 Å². The first-order valence-electron chi connectivity index (χ1n) is 8.07.